The van der Waals surface area contributed by atoms with Crippen LogP contribution in [0.5, 0.6) is 0 Å². The van der Waals surface area contributed by atoms with E-state index in [0.717, 1.165) is 11.1 Å². The summed E-state index contributed by atoms with van der Waals surface area (Å²) >= 11 is 5.94. The molecule has 0 saturated carbocycles. The Hall–Kier alpha value is -1.35. The van der Waals surface area contributed by atoms with E-state index < -0.39 is 10.9 Å². The molecule has 1 amide bonds. The van der Waals surface area contributed by atoms with Crippen LogP contribution < -0.4 is 4.90 Å². The SMILES string of the molecule is CC1=CC(C)(C)N(C(=O)[C@@H](C)Cl)c2ccc(F)cc21. The van der Waals surface area contributed by atoms with Gasteiger partial charge in [-0.05, 0) is 51.5 Å². The van der Waals surface area contributed by atoms with Crippen molar-refractivity contribution in [1.29, 1.82) is 0 Å². The topological polar surface area (TPSA) is 20.3 Å². The predicted octanol–water partition coefficient (Wildman–Crippen LogP) is 3.98. The molecule has 1 aromatic rings. The fourth-order valence-electron chi connectivity index (χ4n) is 2.58. The zero-order chi connectivity index (χ0) is 14.4. The molecule has 1 atom stereocenters. The van der Waals surface area contributed by atoms with E-state index in [2.05, 4.69) is 0 Å². The molecule has 0 spiro atoms. The van der Waals surface area contributed by atoms with Crippen LogP contribution in [-0.4, -0.2) is 16.8 Å². The van der Waals surface area contributed by atoms with E-state index in [1.54, 1.807) is 17.9 Å². The van der Waals surface area contributed by atoms with Crippen molar-refractivity contribution in [3.63, 3.8) is 0 Å². The van der Waals surface area contributed by atoms with Gasteiger partial charge in [0.25, 0.3) is 0 Å². The van der Waals surface area contributed by atoms with Crippen LogP contribution in [0.3, 0.4) is 0 Å². The molecule has 0 aromatic heterocycles. The summed E-state index contributed by atoms with van der Waals surface area (Å²) in [5.74, 6) is -0.485. The number of anilines is 1. The summed E-state index contributed by atoms with van der Waals surface area (Å²) < 4.78 is 13.4. The molecule has 1 aliphatic rings. The molecule has 4 heteroatoms. The van der Waals surface area contributed by atoms with E-state index in [9.17, 15) is 9.18 Å². The number of hydrogen-bond acceptors (Lipinski definition) is 1. The minimum absolute atomic E-state index is 0.178. The summed E-state index contributed by atoms with van der Waals surface area (Å²) in [5, 5.41) is -0.621. The molecular formula is C15H17ClFNO. The molecule has 102 valence electrons. The van der Waals surface area contributed by atoms with Crippen molar-refractivity contribution in [2.24, 2.45) is 0 Å². The van der Waals surface area contributed by atoms with E-state index in [1.807, 2.05) is 26.8 Å². The van der Waals surface area contributed by atoms with E-state index in [0.29, 0.717) is 5.69 Å². The highest BCUT2D eigenvalue weighted by Gasteiger charge is 2.37. The normalized spacial score (nSPS) is 18.6. The average molecular weight is 282 g/mol. The zero-order valence-corrected chi connectivity index (χ0v) is 12.3. The predicted molar refractivity (Wildman–Crippen MR) is 76.9 cm³/mol. The van der Waals surface area contributed by atoms with E-state index in [4.69, 9.17) is 11.6 Å². The first kappa shape index (κ1) is 14.1. The van der Waals surface area contributed by atoms with Gasteiger partial charge in [0.05, 0.1) is 11.2 Å². The van der Waals surface area contributed by atoms with Crippen LogP contribution in [0.15, 0.2) is 24.3 Å². The summed E-state index contributed by atoms with van der Waals surface area (Å²) in [6, 6.07) is 4.46. The molecule has 0 radical (unpaired) electrons. The standard InChI is InChI=1S/C15H17ClFNO/c1-9-8-15(3,4)18(14(19)10(2)16)13-6-5-11(17)7-12(9)13/h5-8,10H,1-4H3/t10-/m1/s1. The van der Waals surface area contributed by atoms with Crippen molar-refractivity contribution in [2.75, 3.05) is 4.90 Å². The number of fused-ring (bicyclic) bond motifs is 1. The van der Waals surface area contributed by atoms with Crippen molar-refractivity contribution >= 4 is 28.8 Å². The molecular weight excluding hydrogens is 265 g/mol. The van der Waals surface area contributed by atoms with E-state index in [-0.39, 0.29) is 11.7 Å². The maximum Gasteiger partial charge on any atom is 0.245 e. The fraction of sp³-hybridized carbons (Fsp3) is 0.400. The van der Waals surface area contributed by atoms with Gasteiger partial charge in [-0.2, -0.15) is 0 Å². The second-order valence-corrected chi connectivity index (χ2v) is 6.09. The van der Waals surface area contributed by atoms with Crippen molar-refractivity contribution in [3.05, 3.63) is 35.7 Å². The Kier molecular flexibility index (Phi) is 3.43. The van der Waals surface area contributed by atoms with Gasteiger partial charge in [0.15, 0.2) is 0 Å². The van der Waals surface area contributed by atoms with Gasteiger partial charge < -0.3 is 4.90 Å². The molecule has 1 aliphatic heterocycles. The van der Waals surface area contributed by atoms with Crippen molar-refractivity contribution in [2.45, 2.75) is 38.6 Å². The second kappa shape index (κ2) is 4.64. The van der Waals surface area contributed by atoms with Gasteiger partial charge in [0.1, 0.15) is 11.2 Å². The first-order chi connectivity index (χ1) is 8.74. The summed E-state index contributed by atoms with van der Waals surface area (Å²) in [4.78, 5) is 14.0. The number of amides is 1. The summed E-state index contributed by atoms with van der Waals surface area (Å²) in [6.45, 7) is 7.46. The Morgan fingerprint density at radius 2 is 2.05 bits per heavy atom. The molecule has 0 unspecified atom stereocenters. The van der Waals surface area contributed by atoms with Crippen LogP contribution in [0.2, 0.25) is 0 Å². The van der Waals surface area contributed by atoms with Gasteiger partial charge in [-0.3, -0.25) is 4.79 Å². The molecule has 0 fully saturated rings. The smallest absolute Gasteiger partial charge is 0.245 e. The Morgan fingerprint density at radius 1 is 1.42 bits per heavy atom. The number of carbonyl (C=O) groups is 1. The molecule has 0 aliphatic carbocycles. The highest BCUT2D eigenvalue weighted by atomic mass is 35.5. The number of carbonyl (C=O) groups excluding carboxylic acids is 1. The Bertz CT molecular complexity index is 563. The Balaban J connectivity index is 2.64. The van der Waals surface area contributed by atoms with Crippen molar-refractivity contribution in [3.8, 4) is 0 Å². The number of allylic oxidation sites excluding steroid dienone is 1. The Morgan fingerprint density at radius 3 is 2.63 bits per heavy atom. The van der Waals surface area contributed by atoms with E-state index in [1.165, 1.54) is 12.1 Å². The summed E-state index contributed by atoms with van der Waals surface area (Å²) in [7, 11) is 0. The first-order valence-corrected chi connectivity index (χ1v) is 6.65. The van der Waals surface area contributed by atoms with Crippen LogP contribution in [0, 0.1) is 5.82 Å². The number of rotatable bonds is 1. The van der Waals surface area contributed by atoms with E-state index >= 15 is 0 Å². The lowest BCUT2D eigenvalue weighted by Gasteiger charge is -2.42. The van der Waals surface area contributed by atoms with Gasteiger partial charge in [0, 0.05) is 5.56 Å². The third-order valence-electron chi connectivity index (χ3n) is 3.33. The van der Waals surface area contributed by atoms with Crippen molar-refractivity contribution in [1.82, 2.24) is 0 Å². The number of halogens is 2. The van der Waals surface area contributed by atoms with Crippen LogP contribution in [0.25, 0.3) is 5.57 Å². The third-order valence-corrected chi connectivity index (χ3v) is 3.52. The van der Waals surface area contributed by atoms with Gasteiger partial charge in [-0.1, -0.05) is 6.08 Å². The monoisotopic (exact) mass is 281 g/mol. The maximum atomic E-state index is 13.4. The molecule has 1 aromatic carbocycles. The average Bonchev–Trinajstić information content (AvgIpc) is 2.28. The minimum Gasteiger partial charge on any atom is -0.301 e. The van der Waals surface area contributed by atoms with Crippen molar-refractivity contribution < 1.29 is 9.18 Å². The molecule has 1 heterocycles. The number of hydrogen-bond donors (Lipinski definition) is 0. The lowest BCUT2D eigenvalue weighted by molar-refractivity contribution is -0.118. The van der Waals surface area contributed by atoms with Gasteiger partial charge in [-0.15, -0.1) is 11.6 Å². The minimum atomic E-state index is -0.621. The molecule has 19 heavy (non-hydrogen) atoms. The number of alkyl halides is 1. The molecule has 0 N–H and O–H groups in total. The highest BCUT2D eigenvalue weighted by Crippen LogP contribution is 2.39. The number of benzene rings is 1. The quantitative estimate of drug-likeness (QED) is 0.713. The lowest BCUT2D eigenvalue weighted by Crippen LogP contribution is -2.51. The van der Waals surface area contributed by atoms with Crippen LogP contribution in [-0.2, 0) is 4.79 Å². The molecule has 2 rings (SSSR count). The van der Waals surface area contributed by atoms with Gasteiger partial charge in [0.2, 0.25) is 5.91 Å². The Labute approximate surface area is 117 Å². The fourth-order valence-corrected chi connectivity index (χ4v) is 2.68. The third kappa shape index (κ3) is 2.39. The number of nitrogens with zero attached hydrogens (tertiary/aromatic N) is 1. The van der Waals surface area contributed by atoms with Crippen LogP contribution in [0.4, 0.5) is 10.1 Å². The summed E-state index contributed by atoms with van der Waals surface area (Å²) in [5.41, 5.74) is 1.94. The summed E-state index contributed by atoms with van der Waals surface area (Å²) in [6.07, 6.45) is 1.96. The largest absolute Gasteiger partial charge is 0.301 e. The zero-order valence-electron chi connectivity index (χ0n) is 11.5. The van der Waals surface area contributed by atoms with Crippen LogP contribution in [0.1, 0.15) is 33.3 Å². The van der Waals surface area contributed by atoms with Gasteiger partial charge >= 0.3 is 0 Å². The molecule has 0 bridgehead atoms. The first-order valence-electron chi connectivity index (χ1n) is 6.21. The van der Waals surface area contributed by atoms with Gasteiger partial charge in [-0.25, -0.2) is 4.39 Å². The second-order valence-electron chi connectivity index (χ2n) is 5.43. The maximum absolute atomic E-state index is 13.4. The van der Waals surface area contributed by atoms with Crippen LogP contribution >= 0.6 is 11.6 Å². The lowest BCUT2D eigenvalue weighted by atomic mass is 9.88. The molecule has 2 nitrogen and oxygen atoms in total. The molecule has 0 saturated heterocycles. The highest BCUT2D eigenvalue weighted by molar-refractivity contribution is 6.33.